The van der Waals surface area contributed by atoms with E-state index in [9.17, 15) is 15.0 Å². The molecule has 0 spiro atoms. The quantitative estimate of drug-likeness (QED) is 0.663. The van der Waals surface area contributed by atoms with Crippen molar-refractivity contribution in [2.24, 2.45) is 0 Å². The van der Waals surface area contributed by atoms with E-state index < -0.39 is 24.8 Å². The van der Waals surface area contributed by atoms with Gasteiger partial charge in [-0.05, 0) is 23.1 Å². The summed E-state index contributed by atoms with van der Waals surface area (Å²) >= 11 is 1.10. The minimum atomic E-state index is -1.29. The first-order valence-corrected chi connectivity index (χ1v) is 6.09. The Hall–Kier alpha value is -1.47. The molecule has 96 valence electrons. The van der Waals surface area contributed by atoms with Crippen LogP contribution in [0.15, 0.2) is 24.3 Å². The molecule has 0 saturated heterocycles. The van der Waals surface area contributed by atoms with Crippen LogP contribution in [-0.2, 0) is 0 Å². The highest BCUT2D eigenvalue weighted by molar-refractivity contribution is 7.20. The van der Waals surface area contributed by atoms with Crippen molar-refractivity contribution in [2.75, 3.05) is 6.61 Å². The molecule has 1 heterocycles. The fraction of sp³-hybridized carbons (Fsp3) is 0.250. The van der Waals surface area contributed by atoms with Crippen molar-refractivity contribution < 1.29 is 25.2 Å². The van der Waals surface area contributed by atoms with Crippen molar-refractivity contribution >= 4 is 27.4 Å². The van der Waals surface area contributed by atoms with Gasteiger partial charge in [-0.3, -0.25) is 0 Å². The standard InChI is InChI=1S/C12H12O5S/c13-5-8(14)11(15)6-2-1-3-9-7(6)4-10(18-9)12(16)17/h1-4,8,11,13-15H,5H2,(H,16,17). The van der Waals surface area contributed by atoms with Gasteiger partial charge in [0.15, 0.2) is 0 Å². The molecular weight excluding hydrogens is 256 g/mol. The van der Waals surface area contributed by atoms with E-state index in [1.165, 1.54) is 6.07 Å². The lowest BCUT2D eigenvalue weighted by Gasteiger charge is -2.16. The predicted molar refractivity (Wildman–Crippen MR) is 66.8 cm³/mol. The van der Waals surface area contributed by atoms with E-state index in [1.807, 2.05) is 0 Å². The smallest absolute Gasteiger partial charge is 0.345 e. The van der Waals surface area contributed by atoms with E-state index in [2.05, 4.69) is 0 Å². The summed E-state index contributed by atoms with van der Waals surface area (Å²) in [4.78, 5) is 11.1. The Bertz CT molecular complexity index is 577. The summed E-state index contributed by atoms with van der Waals surface area (Å²) in [5.41, 5.74) is 0.415. The van der Waals surface area contributed by atoms with Gasteiger partial charge in [-0.1, -0.05) is 12.1 Å². The lowest BCUT2D eigenvalue weighted by atomic mass is 10.0. The van der Waals surface area contributed by atoms with Crippen LogP contribution < -0.4 is 0 Å². The van der Waals surface area contributed by atoms with E-state index in [1.54, 1.807) is 18.2 Å². The fourth-order valence-corrected chi connectivity index (χ4v) is 2.69. The molecule has 0 saturated carbocycles. The average molecular weight is 268 g/mol. The molecule has 1 aromatic heterocycles. The van der Waals surface area contributed by atoms with Crippen molar-refractivity contribution in [2.45, 2.75) is 12.2 Å². The van der Waals surface area contributed by atoms with E-state index in [-0.39, 0.29) is 4.88 Å². The minimum absolute atomic E-state index is 0.170. The maximum absolute atomic E-state index is 10.9. The first-order valence-electron chi connectivity index (χ1n) is 5.27. The summed E-state index contributed by atoms with van der Waals surface area (Å²) in [5, 5.41) is 37.7. The Morgan fingerprint density at radius 2 is 2.06 bits per heavy atom. The zero-order valence-corrected chi connectivity index (χ0v) is 10.1. The van der Waals surface area contributed by atoms with Crippen LogP contribution in [0, 0.1) is 0 Å². The van der Waals surface area contributed by atoms with Crippen LogP contribution in [0.1, 0.15) is 21.3 Å². The molecule has 6 heteroatoms. The largest absolute Gasteiger partial charge is 0.477 e. The monoisotopic (exact) mass is 268 g/mol. The number of rotatable bonds is 4. The number of aliphatic hydroxyl groups is 3. The average Bonchev–Trinajstić information content (AvgIpc) is 2.80. The van der Waals surface area contributed by atoms with Gasteiger partial charge in [0.2, 0.25) is 0 Å². The third-order valence-corrected chi connectivity index (χ3v) is 3.76. The summed E-state index contributed by atoms with van der Waals surface area (Å²) in [6.07, 6.45) is -2.53. The fourth-order valence-electron chi connectivity index (χ4n) is 1.75. The molecule has 2 aromatic rings. The van der Waals surface area contributed by atoms with Crippen LogP contribution in [0.2, 0.25) is 0 Å². The van der Waals surface area contributed by atoms with Crippen molar-refractivity contribution in [3.05, 3.63) is 34.7 Å². The second-order valence-corrected chi connectivity index (χ2v) is 4.95. The molecule has 0 fully saturated rings. The minimum Gasteiger partial charge on any atom is -0.477 e. The first-order chi connectivity index (χ1) is 8.54. The summed E-state index contributed by atoms with van der Waals surface area (Å²) in [7, 11) is 0. The molecule has 1 aromatic carbocycles. The second-order valence-electron chi connectivity index (χ2n) is 3.87. The van der Waals surface area contributed by atoms with Crippen molar-refractivity contribution in [3.8, 4) is 0 Å². The molecule has 2 rings (SSSR count). The van der Waals surface area contributed by atoms with E-state index in [0.29, 0.717) is 15.6 Å². The highest BCUT2D eigenvalue weighted by Gasteiger charge is 2.21. The first kappa shape index (κ1) is 13.0. The van der Waals surface area contributed by atoms with Crippen LogP contribution in [0.4, 0.5) is 0 Å². The van der Waals surface area contributed by atoms with Crippen molar-refractivity contribution in [1.29, 1.82) is 0 Å². The van der Waals surface area contributed by atoms with Crippen molar-refractivity contribution in [1.82, 2.24) is 0 Å². The Labute approximate surface area is 107 Å². The highest BCUT2D eigenvalue weighted by atomic mass is 32.1. The summed E-state index contributed by atoms with van der Waals surface area (Å²) in [6, 6.07) is 6.48. The number of carboxylic acids is 1. The molecule has 2 atom stereocenters. The van der Waals surface area contributed by atoms with E-state index in [0.717, 1.165) is 11.3 Å². The maximum atomic E-state index is 10.9. The molecule has 0 bridgehead atoms. The van der Waals surface area contributed by atoms with Gasteiger partial charge < -0.3 is 20.4 Å². The van der Waals surface area contributed by atoms with Gasteiger partial charge in [0.05, 0.1) is 6.61 Å². The number of hydrogen-bond acceptors (Lipinski definition) is 5. The number of carbonyl (C=O) groups is 1. The molecule has 0 aliphatic heterocycles. The Morgan fingerprint density at radius 1 is 1.33 bits per heavy atom. The summed E-state index contributed by atoms with van der Waals surface area (Å²) in [6.45, 7) is -0.562. The summed E-state index contributed by atoms with van der Waals surface area (Å²) < 4.78 is 0.717. The predicted octanol–water partition coefficient (Wildman–Crippen LogP) is 0.986. The number of fused-ring (bicyclic) bond motifs is 1. The third-order valence-electron chi connectivity index (χ3n) is 2.68. The van der Waals surface area contributed by atoms with Crippen molar-refractivity contribution in [3.63, 3.8) is 0 Å². The highest BCUT2D eigenvalue weighted by Crippen LogP contribution is 2.32. The molecule has 2 unspecified atom stereocenters. The van der Waals surface area contributed by atoms with Gasteiger partial charge in [-0.25, -0.2) is 4.79 Å². The number of aromatic carboxylic acids is 1. The van der Waals surface area contributed by atoms with Gasteiger partial charge in [0.25, 0.3) is 0 Å². The number of carboxylic acid groups (broad SMARTS) is 1. The summed E-state index contributed by atoms with van der Waals surface area (Å²) in [5.74, 6) is -1.03. The van der Waals surface area contributed by atoms with Gasteiger partial charge >= 0.3 is 5.97 Å². The van der Waals surface area contributed by atoms with Gasteiger partial charge in [0, 0.05) is 4.70 Å². The zero-order chi connectivity index (χ0) is 13.3. The lowest BCUT2D eigenvalue weighted by Crippen LogP contribution is -2.22. The van der Waals surface area contributed by atoms with Gasteiger partial charge in [0.1, 0.15) is 17.1 Å². The van der Waals surface area contributed by atoms with Gasteiger partial charge in [-0.2, -0.15) is 0 Å². The lowest BCUT2D eigenvalue weighted by molar-refractivity contribution is -0.0145. The Morgan fingerprint density at radius 3 is 2.67 bits per heavy atom. The topological polar surface area (TPSA) is 98.0 Å². The van der Waals surface area contributed by atoms with E-state index >= 15 is 0 Å². The second kappa shape index (κ2) is 5.03. The Kier molecular flexibility index (Phi) is 3.63. The molecule has 0 aliphatic carbocycles. The molecule has 18 heavy (non-hydrogen) atoms. The van der Waals surface area contributed by atoms with Gasteiger partial charge in [-0.15, -0.1) is 11.3 Å². The Balaban J connectivity index is 2.54. The molecule has 5 nitrogen and oxygen atoms in total. The zero-order valence-electron chi connectivity index (χ0n) is 9.28. The van der Waals surface area contributed by atoms with Crippen LogP contribution in [-0.4, -0.2) is 39.1 Å². The van der Waals surface area contributed by atoms with Crippen LogP contribution in [0.25, 0.3) is 10.1 Å². The molecule has 4 N–H and O–H groups in total. The van der Waals surface area contributed by atoms with Crippen LogP contribution >= 0.6 is 11.3 Å². The third kappa shape index (κ3) is 2.23. The SMILES string of the molecule is O=C(O)c1cc2c(C(O)C(O)CO)cccc2s1. The molecule has 0 radical (unpaired) electrons. The molecular formula is C12H12O5S. The van der Waals surface area contributed by atoms with Crippen LogP contribution in [0.5, 0.6) is 0 Å². The normalized spacial score (nSPS) is 14.6. The number of thiophene rings is 1. The van der Waals surface area contributed by atoms with E-state index in [4.69, 9.17) is 10.2 Å². The number of benzene rings is 1. The molecule has 0 aliphatic rings. The number of aliphatic hydroxyl groups excluding tert-OH is 3. The number of hydrogen-bond donors (Lipinski definition) is 4. The van der Waals surface area contributed by atoms with Crippen LogP contribution in [0.3, 0.4) is 0 Å². The maximum Gasteiger partial charge on any atom is 0.345 e. The molecule has 0 amide bonds.